The van der Waals surface area contributed by atoms with Gasteiger partial charge in [-0.05, 0) is 88.2 Å². The molecule has 1 aromatic carbocycles. The molecule has 1 saturated heterocycles. The monoisotopic (exact) mass is 590 g/mol. The number of alkyl halides is 3. The van der Waals surface area contributed by atoms with Gasteiger partial charge in [-0.1, -0.05) is 12.8 Å². The predicted molar refractivity (Wildman–Crippen MR) is 153 cm³/mol. The summed E-state index contributed by atoms with van der Waals surface area (Å²) in [6.07, 6.45) is 3.04. The number of hydrogen-bond acceptors (Lipinski definition) is 8. The van der Waals surface area contributed by atoms with E-state index in [-0.39, 0.29) is 35.4 Å². The summed E-state index contributed by atoms with van der Waals surface area (Å²) < 4.78 is 47.7. The normalized spacial score (nSPS) is 25.2. The molecule has 0 bridgehead atoms. The Morgan fingerprint density at radius 2 is 1.86 bits per heavy atom. The van der Waals surface area contributed by atoms with E-state index >= 15 is 0 Å². The Kier molecular flexibility index (Phi) is 9.54. The van der Waals surface area contributed by atoms with E-state index in [0.717, 1.165) is 57.8 Å². The third kappa shape index (κ3) is 7.15. The number of methoxy groups -OCH3 is 1. The van der Waals surface area contributed by atoms with Crippen molar-refractivity contribution >= 4 is 17.5 Å². The van der Waals surface area contributed by atoms with Crippen molar-refractivity contribution < 1.29 is 27.5 Å². The average molecular weight is 591 g/mol. The smallest absolute Gasteiger partial charge is 0.419 e. The number of hydrogen-bond donors (Lipinski definition) is 3. The van der Waals surface area contributed by atoms with Crippen molar-refractivity contribution in [3.63, 3.8) is 0 Å². The Hall–Kier alpha value is -2.96. The van der Waals surface area contributed by atoms with Gasteiger partial charge in [-0.25, -0.2) is 15.4 Å². The zero-order valence-electron chi connectivity index (χ0n) is 24.5. The number of aromatic nitrogens is 2. The highest BCUT2D eigenvalue weighted by Crippen LogP contribution is 2.58. The van der Waals surface area contributed by atoms with Crippen LogP contribution in [0.25, 0.3) is 0 Å². The molecule has 9 nitrogen and oxygen atoms in total. The van der Waals surface area contributed by atoms with Gasteiger partial charge < -0.3 is 25.1 Å². The summed E-state index contributed by atoms with van der Waals surface area (Å²) in [7, 11) is 5.12. The Balaban J connectivity index is 1.32. The molecule has 1 amide bonds. The molecule has 1 aliphatic heterocycles. The molecule has 2 saturated carbocycles. The van der Waals surface area contributed by atoms with Crippen molar-refractivity contribution in [2.75, 3.05) is 46.2 Å². The van der Waals surface area contributed by atoms with Crippen LogP contribution < -0.4 is 20.9 Å². The highest BCUT2D eigenvalue weighted by molar-refractivity contribution is 5.95. The van der Waals surface area contributed by atoms with E-state index in [0.29, 0.717) is 41.8 Å². The number of ether oxygens (including phenoxy) is 1. The number of carbonyl (C=O) groups is 1. The lowest BCUT2D eigenvalue weighted by Crippen LogP contribution is -2.43. The number of hydroxylamine groups is 1. The molecule has 3 aliphatic rings. The maximum atomic E-state index is 14.0. The zero-order valence-corrected chi connectivity index (χ0v) is 24.5. The summed E-state index contributed by atoms with van der Waals surface area (Å²) in [4.78, 5) is 28.6. The second-order valence-corrected chi connectivity index (χ2v) is 11.8. The van der Waals surface area contributed by atoms with Crippen LogP contribution in [0.5, 0.6) is 5.75 Å². The van der Waals surface area contributed by atoms with Gasteiger partial charge >= 0.3 is 6.18 Å². The van der Waals surface area contributed by atoms with Crippen LogP contribution in [0.1, 0.15) is 72.5 Å². The maximum Gasteiger partial charge on any atom is 0.419 e. The number of carbonyl (C=O) groups excluding carboxylic acids is 1. The van der Waals surface area contributed by atoms with Crippen LogP contribution >= 0.6 is 0 Å². The van der Waals surface area contributed by atoms with E-state index in [2.05, 4.69) is 38.0 Å². The van der Waals surface area contributed by atoms with E-state index < -0.39 is 11.7 Å². The number of nitrogens with one attached hydrogen (secondary N) is 3. The third-order valence-electron chi connectivity index (χ3n) is 9.09. The van der Waals surface area contributed by atoms with Crippen molar-refractivity contribution in [3.8, 4) is 5.75 Å². The first kappa shape index (κ1) is 30.5. The van der Waals surface area contributed by atoms with Gasteiger partial charge in [0.05, 0.1) is 31.2 Å². The molecule has 42 heavy (non-hydrogen) atoms. The van der Waals surface area contributed by atoms with Crippen LogP contribution in [-0.2, 0) is 11.0 Å². The molecule has 230 valence electrons. The number of halogens is 3. The number of benzene rings is 1. The van der Waals surface area contributed by atoms with E-state index in [1.807, 2.05) is 0 Å². The highest BCUT2D eigenvalue weighted by Gasteiger charge is 2.51. The number of anilines is 2. The van der Waals surface area contributed by atoms with Gasteiger partial charge in [0.2, 0.25) is 5.95 Å². The minimum atomic E-state index is -4.55. The lowest BCUT2D eigenvalue weighted by molar-refractivity contribution is -0.138. The first-order valence-electron chi connectivity index (χ1n) is 14.8. The fraction of sp³-hybridized carbons (Fsp3) is 0.633. The van der Waals surface area contributed by atoms with E-state index in [9.17, 15) is 18.0 Å². The molecule has 0 spiro atoms. The van der Waals surface area contributed by atoms with Crippen LogP contribution in [0.15, 0.2) is 24.4 Å². The summed E-state index contributed by atoms with van der Waals surface area (Å²) in [6.45, 7) is 2.55. The maximum absolute atomic E-state index is 14.0. The van der Waals surface area contributed by atoms with Crippen LogP contribution in [0.2, 0.25) is 0 Å². The van der Waals surface area contributed by atoms with Crippen molar-refractivity contribution in [2.45, 2.75) is 63.1 Å². The summed E-state index contributed by atoms with van der Waals surface area (Å²) in [5.74, 6) is 0.807. The molecule has 2 aromatic rings. The molecule has 2 heterocycles. The molecule has 0 radical (unpaired) electrons. The Morgan fingerprint density at radius 3 is 2.57 bits per heavy atom. The Morgan fingerprint density at radius 1 is 1.10 bits per heavy atom. The minimum Gasteiger partial charge on any atom is -0.495 e. The van der Waals surface area contributed by atoms with E-state index in [1.165, 1.54) is 7.11 Å². The van der Waals surface area contributed by atoms with Crippen molar-refractivity contribution in [1.82, 2.24) is 25.7 Å². The molecule has 3 unspecified atom stereocenters. The number of nitrogens with zero attached hydrogens (tertiary/aromatic N) is 3. The van der Waals surface area contributed by atoms with Crippen molar-refractivity contribution in [2.24, 2.45) is 17.8 Å². The van der Waals surface area contributed by atoms with Crippen LogP contribution in [0.4, 0.5) is 24.8 Å². The number of rotatable bonds is 10. The molecule has 12 heteroatoms. The molecule has 3 N–H and O–H groups in total. The fourth-order valence-electron chi connectivity index (χ4n) is 6.68. The van der Waals surface area contributed by atoms with Crippen LogP contribution in [0, 0.1) is 17.8 Å². The van der Waals surface area contributed by atoms with Crippen molar-refractivity contribution in [3.05, 3.63) is 41.2 Å². The lowest BCUT2D eigenvalue weighted by Gasteiger charge is -2.32. The average Bonchev–Trinajstić information content (AvgIpc) is 3.78. The van der Waals surface area contributed by atoms with Gasteiger partial charge in [0.25, 0.3) is 5.91 Å². The number of amides is 1. The fourth-order valence-corrected chi connectivity index (χ4v) is 6.68. The standard InChI is InChI=1S/C30H41F3N6O3/c1-39-12-10-20(11-13-39)36-28(40)18-8-9-25(26(14-18)41-2)37-29-34-17-24(30(31,32)33)27(38-29)23-15-22(23)21-7-5-4-6-19(21)16-35-42-3/h8-9,14,17,19-23,35H,4-7,10-13,15-16H2,1-3H3,(H,36,40)(H,34,37,38)/t19-,21?,22?,23?/m1/s1. The third-order valence-corrected chi connectivity index (χ3v) is 9.09. The first-order chi connectivity index (χ1) is 20.2. The van der Waals surface area contributed by atoms with E-state index in [1.54, 1.807) is 25.3 Å². The molecular formula is C30H41F3N6O3. The van der Waals surface area contributed by atoms with Gasteiger partial charge in [0.15, 0.2) is 0 Å². The summed E-state index contributed by atoms with van der Waals surface area (Å²) in [5.41, 5.74) is 3.11. The topological polar surface area (TPSA) is 101 Å². The molecule has 3 fully saturated rings. The minimum absolute atomic E-state index is 0.0436. The van der Waals surface area contributed by atoms with Crippen LogP contribution in [0.3, 0.4) is 0 Å². The van der Waals surface area contributed by atoms with Gasteiger partial charge in [-0.2, -0.15) is 13.2 Å². The molecule has 5 rings (SSSR count). The van der Waals surface area contributed by atoms with Crippen molar-refractivity contribution in [1.29, 1.82) is 0 Å². The summed E-state index contributed by atoms with van der Waals surface area (Å²) in [6, 6.07) is 5.06. The molecular weight excluding hydrogens is 549 g/mol. The van der Waals surface area contributed by atoms with Gasteiger partial charge in [-0.3, -0.25) is 4.79 Å². The second-order valence-electron chi connectivity index (χ2n) is 11.8. The first-order valence-corrected chi connectivity index (χ1v) is 14.8. The molecule has 2 aliphatic carbocycles. The summed E-state index contributed by atoms with van der Waals surface area (Å²) >= 11 is 0. The Bertz CT molecular complexity index is 1240. The molecule has 4 atom stereocenters. The van der Waals surface area contributed by atoms with Gasteiger partial charge in [0.1, 0.15) is 5.75 Å². The van der Waals surface area contributed by atoms with Gasteiger partial charge in [-0.15, -0.1) is 0 Å². The Labute approximate surface area is 244 Å². The molecule has 1 aromatic heterocycles. The highest BCUT2D eigenvalue weighted by atomic mass is 19.4. The largest absolute Gasteiger partial charge is 0.495 e. The number of likely N-dealkylation sites (tertiary alicyclic amines) is 1. The van der Waals surface area contributed by atoms with E-state index in [4.69, 9.17) is 9.57 Å². The van der Waals surface area contributed by atoms with Crippen LogP contribution in [-0.4, -0.2) is 67.7 Å². The predicted octanol–water partition coefficient (Wildman–Crippen LogP) is 5.13. The van der Waals surface area contributed by atoms with Gasteiger partial charge in [0, 0.05) is 30.3 Å². The zero-order chi connectivity index (χ0) is 29.9. The second kappa shape index (κ2) is 13.1. The lowest BCUT2D eigenvalue weighted by atomic mass is 9.76. The quantitative estimate of drug-likeness (QED) is 0.328. The SMILES string of the molecule is CONC[C@H]1CCCCC1C1CC1c1nc(Nc2ccc(C(=O)NC3CCN(C)CC3)cc2OC)ncc1C(F)(F)F. The summed E-state index contributed by atoms with van der Waals surface area (Å²) in [5, 5.41) is 6.12. The number of piperidine rings is 1.